The molecule has 0 saturated carbocycles. The molecule has 258 valence electrons. The summed E-state index contributed by atoms with van der Waals surface area (Å²) in [5, 5.41) is 5.18. The Morgan fingerprint density at radius 1 is 0.647 bits per heavy atom. The first kappa shape index (κ1) is 32.6. The fourth-order valence-corrected chi connectivity index (χ4v) is 7.72. The van der Waals surface area contributed by atoms with Gasteiger partial charge in [0.15, 0.2) is 5.69 Å². The Morgan fingerprint density at radius 2 is 1.20 bits per heavy atom. The molecule has 0 unspecified atom stereocenters. The summed E-state index contributed by atoms with van der Waals surface area (Å²) in [4.78, 5) is 23.6. The minimum Gasteiger partial charge on any atom is -0.367 e. The number of aromatic nitrogens is 3. The van der Waals surface area contributed by atoms with Crippen LogP contribution < -0.4 is 4.90 Å². The quantitative estimate of drug-likeness (QED) is 0.166. The van der Waals surface area contributed by atoms with Crippen molar-refractivity contribution in [3.8, 4) is 11.1 Å². The van der Waals surface area contributed by atoms with Gasteiger partial charge in [0.05, 0.1) is 5.52 Å². The molecule has 6 aromatic rings. The number of alkyl halides is 3. The maximum absolute atomic E-state index is 15.1. The van der Waals surface area contributed by atoms with Crippen LogP contribution in [0.4, 0.5) is 23.7 Å². The highest BCUT2D eigenvalue weighted by atomic mass is 19.4. The van der Waals surface area contributed by atoms with E-state index in [9.17, 15) is 4.79 Å². The number of hydrogen-bond acceptors (Lipinski definition) is 4. The number of anilines is 1. The number of pyridine rings is 1. The topological polar surface area (TPSA) is 57.5 Å². The van der Waals surface area contributed by atoms with Crippen molar-refractivity contribution < 1.29 is 18.0 Å². The lowest BCUT2D eigenvalue weighted by molar-refractivity contribution is -0.141. The summed E-state index contributed by atoms with van der Waals surface area (Å²) in [6.45, 7) is 3.98. The summed E-state index contributed by atoms with van der Waals surface area (Å²) in [5.74, 6) is 0. The molecular weight excluding hydrogens is 649 g/mol. The zero-order chi connectivity index (χ0) is 35.0. The first-order valence-electron chi connectivity index (χ1n) is 17.4. The van der Waals surface area contributed by atoms with Crippen LogP contribution >= 0.6 is 0 Å². The molecule has 0 N–H and O–H groups in total. The number of likely N-dealkylation sites (tertiary alicyclic amines) is 1. The Kier molecular flexibility index (Phi) is 8.45. The molecule has 0 radical (unpaired) electrons. The van der Waals surface area contributed by atoms with Gasteiger partial charge in [-0.3, -0.25) is 9.67 Å². The molecule has 8 rings (SSSR count). The molecule has 51 heavy (non-hydrogen) atoms. The molecule has 0 atom stereocenters. The van der Waals surface area contributed by atoms with Gasteiger partial charge < -0.3 is 14.7 Å². The van der Waals surface area contributed by atoms with Crippen LogP contribution in [0.5, 0.6) is 0 Å². The highest BCUT2D eigenvalue weighted by Gasteiger charge is 2.44. The van der Waals surface area contributed by atoms with Crippen LogP contribution in [0.1, 0.15) is 35.2 Å². The SMILES string of the molecule is O=C(N1CCCC1)N1CCN(c2ccnc3ccc(-c4cn(C(c5ccccc5)(c5ccccc5)c5ccccc5)nc4C(F)(F)F)cc23)CC1. The second-order valence-corrected chi connectivity index (χ2v) is 13.2. The third-order valence-electron chi connectivity index (χ3n) is 10.2. The molecular formula is C41H37F3N6O. The van der Waals surface area contributed by atoms with Crippen molar-refractivity contribution in [3.05, 3.63) is 150 Å². The van der Waals surface area contributed by atoms with E-state index < -0.39 is 17.4 Å². The summed E-state index contributed by atoms with van der Waals surface area (Å²) < 4.78 is 46.8. The molecule has 0 aliphatic carbocycles. The van der Waals surface area contributed by atoms with Crippen LogP contribution in [0.15, 0.2) is 128 Å². The van der Waals surface area contributed by atoms with Crippen molar-refractivity contribution in [1.82, 2.24) is 24.6 Å². The monoisotopic (exact) mass is 686 g/mol. The first-order valence-corrected chi connectivity index (χ1v) is 17.4. The van der Waals surface area contributed by atoms with Crippen LogP contribution in [0, 0.1) is 0 Å². The van der Waals surface area contributed by atoms with Gasteiger partial charge in [-0.1, -0.05) is 97.1 Å². The zero-order valence-corrected chi connectivity index (χ0v) is 28.0. The first-order chi connectivity index (χ1) is 24.8. The highest BCUT2D eigenvalue weighted by Crippen LogP contribution is 2.45. The maximum Gasteiger partial charge on any atom is 0.435 e. The molecule has 7 nitrogen and oxygen atoms in total. The molecule has 2 aromatic heterocycles. The van der Waals surface area contributed by atoms with Gasteiger partial charge in [-0.15, -0.1) is 0 Å². The lowest BCUT2D eigenvalue weighted by atomic mass is 9.77. The summed E-state index contributed by atoms with van der Waals surface area (Å²) in [6, 6.07) is 35.9. The van der Waals surface area contributed by atoms with E-state index in [2.05, 4.69) is 15.0 Å². The lowest BCUT2D eigenvalue weighted by Crippen LogP contribution is -2.52. The minimum absolute atomic E-state index is 0.0209. The second-order valence-electron chi connectivity index (χ2n) is 13.2. The molecule has 0 spiro atoms. The van der Waals surface area contributed by atoms with Gasteiger partial charge in [0.2, 0.25) is 0 Å². The highest BCUT2D eigenvalue weighted by molar-refractivity contribution is 5.95. The van der Waals surface area contributed by atoms with Crippen molar-refractivity contribution in [1.29, 1.82) is 0 Å². The Balaban J connectivity index is 1.25. The largest absolute Gasteiger partial charge is 0.435 e. The van der Waals surface area contributed by atoms with Crippen LogP contribution in [-0.4, -0.2) is 69.9 Å². The number of carbonyl (C=O) groups excluding carboxylic acids is 1. The van der Waals surface area contributed by atoms with Gasteiger partial charge in [0, 0.05) is 68.3 Å². The van der Waals surface area contributed by atoms with Crippen LogP contribution in [0.3, 0.4) is 0 Å². The molecule has 2 aliphatic rings. The van der Waals surface area contributed by atoms with E-state index >= 15 is 13.2 Å². The number of fused-ring (bicyclic) bond motifs is 1. The number of carbonyl (C=O) groups is 1. The Morgan fingerprint density at radius 3 is 1.75 bits per heavy atom. The van der Waals surface area contributed by atoms with E-state index in [0.29, 0.717) is 37.3 Å². The maximum atomic E-state index is 15.1. The minimum atomic E-state index is -4.73. The van der Waals surface area contributed by atoms with Gasteiger partial charge in [0.25, 0.3) is 0 Å². The summed E-state index contributed by atoms with van der Waals surface area (Å²) >= 11 is 0. The van der Waals surface area contributed by atoms with Crippen molar-refractivity contribution in [2.75, 3.05) is 44.2 Å². The average molecular weight is 687 g/mol. The van der Waals surface area contributed by atoms with Crippen molar-refractivity contribution >= 4 is 22.6 Å². The van der Waals surface area contributed by atoms with E-state index in [1.807, 2.05) is 107 Å². The van der Waals surface area contributed by atoms with Gasteiger partial charge in [-0.05, 0) is 53.3 Å². The van der Waals surface area contributed by atoms with Crippen molar-refractivity contribution in [2.24, 2.45) is 0 Å². The van der Waals surface area contributed by atoms with Crippen LogP contribution in [0.2, 0.25) is 0 Å². The third kappa shape index (κ3) is 5.88. The number of hydrogen-bond donors (Lipinski definition) is 0. The molecule has 10 heteroatoms. The van der Waals surface area contributed by atoms with Gasteiger partial charge in [-0.25, -0.2) is 4.79 Å². The molecule has 2 fully saturated rings. The van der Waals surface area contributed by atoms with Crippen LogP contribution in [0.25, 0.3) is 22.0 Å². The number of nitrogens with zero attached hydrogens (tertiary/aromatic N) is 6. The molecule has 2 aliphatic heterocycles. The van der Waals surface area contributed by atoms with Gasteiger partial charge in [-0.2, -0.15) is 18.3 Å². The average Bonchev–Trinajstić information content (AvgIpc) is 3.88. The molecule has 0 bridgehead atoms. The van der Waals surface area contributed by atoms with Crippen LogP contribution in [-0.2, 0) is 11.7 Å². The van der Waals surface area contributed by atoms with E-state index in [-0.39, 0.29) is 11.6 Å². The standard InChI is InChI=1S/C41H37F3N6O/c42-41(43,44)38-35(29-50(46-38)40(31-12-4-1-5-13-31,32-14-6-2-7-15-32)33-16-8-3-9-17-33)30-18-19-36-34(28-30)37(20-21-45-36)47-24-26-49(27-25-47)39(51)48-22-10-11-23-48/h1-9,12-21,28-29H,10-11,22-27H2. The number of benzene rings is 4. The molecule has 2 saturated heterocycles. The second kappa shape index (κ2) is 13.2. The predicted octanol–water partition coefficient (Wildman–Crippen LogP) is 8.30. The number of urea groups is 1. The number of amides is 2. The number of halogens is 3. The van der Waals surface area contributed by atoms with Gasteiger partial charge >= 0.3 is 12.2 Å². The molecule has 4 heterocycles. The van der Waals surface area contributed by atoms with Crippen molar-refractivity contribution in [2.45, 2.75) is 24.6 Å². The number of piperazine rings is 1. The number of rotatable bonds is 6. The fraction of sp³-hybridized carbons (Fsp3) is 0.244. The fourth-order valence-electron chi connectivity index (χ4n) is 7.72. The smallest absolute Gasteiger partial charge is 0.367 e. The third-order valence-corrected chi connectivity index (χ3v) is 10.2. The summed E-state index contributed by atoms with van der Waals surface area (Å²) in [5.41, 5.74) is 2.08. The Bertz CT molecular complexity index is 2040. The zero-order valence-electron chi connectivity index (χ0n) is 28.0. The van der Waals surface area contributed by atoms with E-state index in [1.54, 1.807) is 24.4 Å². The summed E-state index contributed by atoms with van der Waals surface area (Å²) in [7, 11) is 0. The molecule has 4 aromatic carbocycles. The van der Waals surface area contributed by atoms with Gasteiger partial charge in [0.1, 0.15) is 5.54 Å². The van der Waals surface area contributed by atoms with Crippen molar-refractivity contribution in [3.63, 3.8) is 0 Å². The summed E-state index contributed by atoms with van der Waals surface area (Å²) in [6.07, 6.45) is 0.610. The Hall–Kier alpha value is -5.64. The van der Waals surface area contributed by atoms with E-state index in [4.69, 9.17) is 0 Å². The van der Waals surface area contributed by atoms with E-state index in [0.717, 1.165) is 53.7 Å². The normalized spacial score (nSPS) is 15.5. The Labute approximate surface area is 294 Å². The molecule has 2 amide bonds. The predicted molar refractivity (Wildman–Crippen MR) is 193 cm³/mol. The lowest BCUT2D eigenvalue weighted by Gasteiger charge is -2.38. The van der Waals surface area contributed by atoms with E-state index in [1.165, 1.54) is 10.9 Å².